The molecule has 0 aromatic carbocycles. The van der Waals surface area contributed by atoms with Gasteiger partial charge in [0.2, 0.25) is 5.91 Å². The van der Waals surface area contributed by atoms with E-state index < -0.39 is 0 Å². The second-order valence-corrected chi connectivity index (χ2v) is 7.40. The van der Waals surface area contributed by atoms with Crippen LogP contribution in [0.3, 0.4) is 0 Å². The van der Waals surface area contributed by atoms with Crippen LogP contribution in [-0.4, -0.2) is 83.0 Å². The fourth-order valence-electron chi connectivity index (χ4n) is 3.94. The normalized spacial score (nSPS) is 25.8. The summed E-state index contributed by atoms with van der Waals surface area (Å²) >= 11 is 0. The lowest BCUT2D eigenvalue weighted by atomic mass is 9.94. The van der Waals surface area contributed by atoms with Crippen molar-refractivity contribution in [3.8, 4) is 0 Å². The van der Waals surface area contributed by atoms with Crippen LogP contribution in [0, 0.1) is 5.92 Å². The van der Waals surface area contributed by atoms with E-state index in [4.69, 9.17) is 4.74 Å². The largest absolute Gasteiger partial charge is 0.379 e. The molecule has 3 aliphatic rings. The second-order valence-electron chi connectivity index (χ2n) is 7.40. The van der Waals surface area contributed by atoms with Gasteiger partial charge in [0.15, 0.2) is 0 Å². The summed E-state index contributed by atoms with van der Waals surface area (Å²) in [7, 11) is 2.06. The number of piperidine rings is 1. The average Bonchev–Trinajstić information content (AvgIpc) is 2.95. The summed E-state index contributed by atoms with van der Waals surface area (Å²) in [6.07, 6.45) is 2.12. The van der Waals surface area contributed by atoms with E-state index in [-0.39, 0.29) is 5.92 Å². The molecular weight excluding hydrogens is 320 g/mol. The molecule has 138 valence electrons. The van der Waals surface area contributed by atoms with Gasteiger partial charge in [0.1, 0.15) is 11.6 Å². The van der Waals surface area contributed by atoms with Crippen molar-refractivity contribution in [1.82, 2.24) is 29.9 Å². The highest BCUT2D eigenvalue weighted by atomic mass is 16.5. The van der Waals surface area contributed by atoms with Gasteiger partial charge in [-0.2, -0.15) is 0 Å². The van der Waals surface area contributed by atoms with Crippen LogP contribution in [0.2, 0.25) is 0 Å². The van der Waals surface area contributed by atoms with Crippen LogP contribution in [-0.2, 0) is 23.1 Å². The first-order valence-corrected chi connectivity index (χ1v) is 9.40. The number of amides is 1. The van der Waals surface area contributed by atoms with E-state index in [0.29, 0.717) is 11.8 Å². The first-order valence-electron chi connectivity index (χ1n) is 9.40. The van der Waals surface area contributed by atoms with Crippen LogP contribution in [0.4, 0.5) is 0 Å². The number of carbonyl (C=O) groups excluding carboxylic acids is 1. The Kier molecular flexibility index (Phi) is 5.00. The number of hydrogen-bond donors (Lipinski definition) is 1. The van der Waals surface area contributed by atoms with Crippen LogP contribution >= 0.6 is 0 Å². The van der Waals surface area contributed by atoms with Crippen molar-refractivity contribution in [1.29, 1.82) is 0 Å². The molecule has 4 rings (SSSR count). The fourth-order valence-corrected chi connectivity index (χ4v) is 3.94. The highest BCUT2D eigenvalue weighted by Crippen LogP contribution is 2.27. The third-order valence-electron chi connectivity index (χ3n) is 5.70. The molecule has 0 aliphatic carbocycles. The average molecular weight is 348 g/mol. The minimum absolute atomic E-state index is 0.176. The van der Waals surface area contributed by atoms with Crippen molar-refractivity contribution in [3.05, 3.63) is 11.6 Å². The molecule has 3 fully saturated rings. The molecule has 0 unspecified atom stereocenters. The number of nitrogens with zero attached hydrogens (tertiary/aromatic N) is 5. The third kappa shape index (κ3) is 3.56. The number of rotatable bonds is 4. The van der Waals surface area contributed by atoms with E-state index >= 15 is 0 Å². The Morgan fingerprint density at radius 1 is 1.24 bits per heavy atom. The highest BCUT2D eigenvalue weighted by molar-refractivity contribution is 5.80. The Bertz CT molecular complexity index is 608. The molecule has 1 N–H and O–H groups in total. The highest BCUT2D eigenvalue weighted by Gasteiger charge is 2.34. The van der Waals surface area contributed by atoms with Crippen LogP contribution in [0.25, 0.3) is 0 Å². The summed E-state index contributed by atoms with van der Waals surface area (Å²) in [5.41, 5.74) is 0. The van der Waals surface area contributed by atoms with Crippen LogP contribution < -0.4 is 5.32 Å². The molecule has 25 heavy (non-hydrogen) atoms. The minimum Gasteiger partial charge on any atom is -0.379 e. The van der Waals surface area contributed by atoms with Crippen LogP contribution in [0.15, 0.2) is 0 Å². The van der Waals surface area contributed by atoms with E-state index in [1.807, 2.05) is 4.90 Å². The maximum absolute atomic E-state index is 12.5. The van der Waals surface area contributed by atoms with Gasteiger partial charge in [-0.3, -0.25) is 9.69 Å². The van der Waals surface area contributed by atoms with Crippen molar-refractivity contribution >= 4 is 5.91 Å². The maximum Gasteiger partial charge on any atom is 0.228 e. The molecule has 0 saturated carbocycles. The molecule has 3 saturated heterocycles. The number of ether oxygens (including phenoxy) is 1. The fraction of sp³-hybridized carbons (Fsp3) is 0.824. The molecule has 1 aromatic heterocycles. The Balaban J connectivity index is 1.41. The molecule has 8 heteroatoms. The molecule has 4 heterocycles. The summed E-state index contributed by atoms with van der Waals surface area (Å²) in [6.45, 7) is 7.61. The summed E-state index contributed by atoms with van der Waals surface area (Å²) < 4.78 is 7.55. The van der Waals surface area contributed by atoms with Crippen LogP contribution in [0.5, 0.6) is 0 Å². The van der Waals surface area contributed by atoms with Crippen LogP contribution in [0.1, 0.15) is 30.4 Å². The van der Waals surface area contributed by atoms with Gasteiger partial charge in [-0.1, -0.05) is 0 Å². The van der Waals surface area contributed by atoms with Crippen molar-refractivity contribution in [2.75, 3.05) is 52.5 Å². The van der Waals surface area contributed by atoms with Crippen molar-refractivity contribution < 1.29 is 9.53 Å². The molecule has 0 radical (unpaired) electrons. The number of likely N-dealkylation sites (tertiary alicyclic amines) is 1. The number of nitrogens with one attached hydrogen (secondary N) is 1. The van der Waals surface area contributed by atoms with E-state index in [0.717, 1.165) is 83.5 Å². The lowest BCUT2D eigenvalue weighted by Gasteiger charge is -2.37. The lowest BCUT2D eigenvalue weighted by Crippen LogP contribution is -2.53. The minimum atomic E-state index is 0.176. The van der Waals surface area contributed by atoms with Gasteiger partial charge < -0.3 is 19.5 Å². The molecule has 1 aromatic rings. The molecule has 3 aliphatic heterocycles. The monoisotopic (exact) mass is 348 g/mol. The summed E-state index contributed by atoms with van der Waals surface area (Å²) in [5, 5.41) is 12.1. The summed E-state index contributed by atoms with van der Waals surface area (Å²) in [6, 6.07) is 0. The Morgan fingerprint density at radius 2 is 2.04 bits per heavy atom. The summed E-state index contributed by atoms with van der Waals surface area (Å²) in [5.74, 6) is 2.80. The lowest BCUT2D eigenvalue weighted by molar-refractivity contribution is -0.138. The summed E-state index contributed by atoms with van der Waals surface area (Å²) in [4.78, 5) is 16.9. The zero-order valence-corrected chi connectivity index (χ0v) is 15.0. The number of carbonyl (C=O) groups is 1. The SMILES string of the molecule is Cn1c(CN2CCOCC2)nnc1[C@@H]1CCCN(C(=O)C2CNC2)C1. The van der Waals surface area contributed by atoms with Gasteiger partial charge in [0, 0.05) is 52.2 Å². The molecule has 0 spiro atoms. The van der Waals surface area contributed by atoms with Gasteiger partial charge in [0.25, 0.3) is 0 Å². The quantitative estimate of drug-likeness (QED) is 0.796. The molecule has 8 nitrogen and oxygen atoms in total. The Morgan fingerprint density at radius 3 is 2.76 bits per heavy atom. The maximum atomic E-state index is 12.5. The number of morpholine rings is 1. The van der Waals surface area contributed by atoms with Crippen molar-refractivity contribution in [2.45, 2.75) is 25.3 Å². The van der Waals surface area contributed by atoms with E-state index in [1.165, 1.54) is 0 Å². The zero-order chi connectivity index (χ0) is 17.2. The van der Waals surface area contributed by atoms with Crippen molar-refractivity contribution in [2.24, 2.45) is 13.0 Å². The molecule has 0 bridgehead atoms. The number of aromatic nitrogens is 3. The van der Waals surface area contributed by atoms with Gasteiger partial charge >= 0.3 is 0 Å². The van der Waals surface area contributed by atoms with E-state index in [9.17, 15) is 4.79 Å². The topological polar surface area (TPSA) is 75.5 Å². The Labute approximate surface area is 148 Å². The van der Waals surface area contributed by atoms with Gasteiger partial charge in [-0.05, 0) is 12.8 Å². The second kappa shape index (κ2) is 7.39. The molecule has 1 atom stereocenters. The smallest absolute Gasteiger partial charge is 0.228 e. The predicted molar refractivity (Wildman–Crippen MR) is 92.0 cm³/mol. The standard InChI is InChI=1S/C17H28N6O2/c1-21-15(12-22-5-7-25-8-6-22)19-20-16(21)13-3-2-4-23(11-13)17(24)14-9-18-10-14/h13-14,18H,2-12H2,1H3/t13-/m1/s1. The number of hydrogen-bond acceptors (Lipinski definition) is 6. The van der Waals surface area contributed by atoms with Gasteiger partial charge in [-0.15, -0.1) is 10.2 Å². The van der Waals surface area contributed by atoms with Gasteiger partial charge in [-0.25, -0.2) is 0 Å². The molecule has 1 amide bonds. The zero-order valence-electron chi connectivity index (χ0n) is 15.0. The molecular formula is C17H28N6O2. The predicted octanol–water partition coefficient (Wildman–Crippen LogP) is -0.427. The third-order valence-corrected chi connectivity index (χ3v) is 5.70. The van der Waals surface area contributed by atoms with Crippen molar-refractivity contribution in [3.63, 3.8) is 0 Å². The van der Waals surface area contributed by atoms with E-state index in [2.05, 4.69) is 32.0 Å². The first kappa shape index (κ1) is 16.9. The van der Waals surface area contributed by atoms with E-state index in [1.54, 1.807) is 0 Å². The Hall–Kier alpha value is -1.51. The first-order chi connectivity index (χ1) is 12.2. The van der Waals surface area contributed by atoms with Gasteiger partial charge in [0.05, 0.1) is 25.7 Å².